The molecule has 0 spiro atoms. The first kappa shape index (κ1) is 13.4. The van der Waals surface area contributed by atoms with E-state index in [0.717, 1.165) is 11.3 Å². The molecule has 0 radical (unpaired) electrons. The van der Waals surface area contributed by atoms with Crippen molar-refractivity contribution in [3.8, 4) is 0 Å². The third kappa shape index (κ3) is 2.29. The zero-order chi connectivity index (χ0) is 15.0. The minimum atomic E-state index is -0.870. The summed E-state index contributed by atoms with van der Waals surface area (Å²) in [4.78, 5) is 25.2. The van der Waals surface area contributed by atoms with Crippen molar-refractivity contribution >= 4 is 17.6 Å². The van der Waals surface area contributed by atoms with Gasteiger partial charge in [-0.25, -0.2) is 0 Å². The predicted octanol–water partition coefficient (Wildman–Crippen LogP) is 2.20. The Morgan fingerprint density at radius 1 is 1.43 bits per heavy atom. The molecule has 1 unspecified atom stereocenters. The van der Waals surface area contributed by atoms with E-state index in [1.165, 1.54) is 6.20 Å². The van der Waals surface area contributed by atoms with Gasteiger partial charge in [0.25, 0.3) is 5.91 Å². The Kier molecular flexibility index (Phi) is 3.21. The fourth-order valence-electron chi connectivity index (χ4n) is 2.72. The maximum absolute atomic E-state index is 12.6. The second kappa shape index (κ2) is 5.05. The lowest BCUT2D eigenvalue weighted by molar-refractivity contribution is -0.137. The van der Waals surface area contributed by atoms with Gasteiger partial charge in [0.15, 0.2) is 0 Å². The minimum Gasteiger partial charge on any atom is -0.481 e. The van der Waals surface area contributed by atoms with Crippen molar-refractivity contribution in [3.63, 3.8) is 0 Å². The van der Waals surface area contributed by atoms with E-state index in [1.807, 2.05) is 24.3 Å². The summed E-state index contributed by atoms with van der Waals surface area (Å²) in [6.07, 6.45) is 1.40. The van der Waals surface area contributed by atoms with Crippen molar-refractivity contribution in [2.75, 3.05) is 11.4 Å². The summed E-state index contributed by atoms with van der Waals surface area (Å²) in [5.41, 5.74) is 2.05. The average Bonchev–Trinajstić information content (AvgIpc) is 3.02. The number of aryl methyl sites for hydroxylation is 1. The molecule has 0 saturated carbocycles. The Balaban J connectivity index is 1.96. The van der Waals surface area contributed by atoms with E-state index < -0.39 is 5.97 Å². The van der Waals surface area contributed by atoms with Gasteiger partial charge in [0, 0.05) is 18.2 Å². The lowest BCUT2D eigenvalue weighted by Crippen LogP contribution is -2.30. The minimum absolute atomic E-state index is 0.00339. The third-order valence-corrected chi connectivity index (χ3v) is 3.72. The number of hydrogen-bond donors (Lipinski definition) is 1. The molecule has 2 aromatic rings. The third-order valence-electron chi connectivity index (χ3n) is 3.72. The number of carbonyl (C=O) groups is 2. The number of aromatic nitrogens is 1. The fourth-order valence-corrected chi connectivity index (χ4v) is 2.72. The van der Waals surface area contributed by atoms with E-state index in [2.05, 4.69) is 5.16 Å². The maximum atomic E-state index is 12.6. The Labute approximate surface area is 121 Å². The van der Waals surface area contributed by atoms with Crippen LogP contribution in [0.3, 0.4) is 0 Å². The summed E-state index contributed by atoms with van der Waals surface area (Å²) in [6.45, 7) is 2.03. The van der Waals surface area contributed by atoms with Crippen LogP contribution in [0.1, 0.15) is 34.0 Å². The van der Waals surface area contributed by atoms with Crippen molar-refractivity contribution in [1.29, 1.82) is 0 Å². The number of carboxylic acids is 1. The summed E-state index contributed by atoms with van der Waals surface area (Å²) in [6, 6.07) is 7.39. The number of anilines is 1. The van der Waals surface area contributed by atoms with Gasteiger partial charge in [0.05, 0.1) is 12.6 Å². The molecule has 1 aromatic carbocycles. The molecule has 1 amide bonds. The standard InChI is InChI=1S/C15H14N2O4/c1-9-12(7-16-21-9)15(20)17-8-10(6-14(18)19)11-4-2-3-5-13(11)17/h2-5,7,10H,6,8H2,1H3,(H,18,19). The molecule has 0 aliphatic carbocycles. The topological polar surface area (TPSA) is 83.6 Å². The van der Waals surface area contributed by atoms with Crippen molar-refractivity contribution in [1.82, 2.24) is 5.16 Å². The summed E-state index contributed by atoms with van der Waals surface area (Å²) >= 11 is 0. The summed E-state index contributed by atoms with van der Waals surface area (Å²) in [5.74, 6) is -0.818. The average molecular weight is 286 g/mol. The molecule has 0 fully saturated rings. The molecule has 3 rings (SSSR count). The zero-order valence-corrected chi connectivity index (χ0v) is 11.4. The molecule has 1 N–H and O–H groups in total. The monoisotopic (exact) mass is 286 g/mol. The molecule has 1 aliphatic rings. The van der Waals surface area contributed by atoms with E-state index in [9.17, 15) is 9.59 Å². The van der Waals surface area contributed by atoms with Crippen LogP contribution in [0, 0.1) is 6.92 Å². The highest BCUT2D eigenvalue weighted by atomic mass is 16.5. The van der Waals surface area contributed by atoms with Crippen LogP contribution >= 0.6 is 0 Å². The molecule has 1 aromatic heterocycles. The Morgan fingerprint density at radius 3 is 2.86 bits per heavy atom. The van der Waals surface area contributed by atoms with Crippen molar-refractivity contribution in [2.24, 2.45) is 0 Å². The zero-order valence-electron chi connectivity index (χ0n) is 11.4. The molecule has 108 valence electrons. The summed E-state index contributed by atoms with van der Waals surface area (Å²) < 4.78 is 4.93. The molecule has 6 nitrogen and oxygen atoms in total. The second-order valence-corrected chi connectivity index (χ2v) is 5.07. The van der Waals surface area contributed by atoms with Crippen LogP contribution < -0.4 is 4.90 Å². The van der Waals surface area contributed by atoms with Crippen LogP contribution in [0.25, 0.3) is 0 Å². The van der Waals surface area contributed by atoms with Gasteiger partial charge in [0.1, 0.15) is 11.3 Å². The molecule has 2 heterocycles. The van der Waals surface area contributed by atoms with Gasteiger partial charge in [-0.05, 0) is 18.6 Å². The van der Waals surface area contributed by atoms with Crippen LogP contribution in [0.5, 0.6) is 0 Å². The lowest BCUT2D eigenvalue weighted by Gasteiger charge is -2.16. The number of benzene rings is 1. The number of carbonyl (C=O) groups excluding carboxylic acids is 1. The van der Waals surface area contributed by atoms with Gasteiger partial charge < -0.3 is 14.5 Å². The van der Waals surface area contributed by atoms with Gasteiger partial charge >= 0.3 is 5.97 Å². The second-order valence-electron chi connectivity index (χ2n) is 5.07. The van der Waals surface area contributed by atoms with Gasteiger partial charge in [-0.3, -0.25) is 9.59 Å². The quantitative estimate of drug-likeness (QED) is 0.935. The molecular formula is C15H14N2O4. The number of hydrogen-bond acceptors (Lipinski definition) is 4. The molecule has 1 aliphatic heterocycles. The van der Waals surface area contributed by atoms with Crippen molar-refractivity contribution in [2.45, 2.75) is 19.3 Å². The summed E-state index contributed by atoms with van der Waals surface area (Å²) in [7, 11) is 0. The van der Waals surface area contributed by atoms with E-state index in [0.29, 0.717) is 17.9 Å². The molecule has 6 heteroatoms. The summed E-state index contributed by atoms with van der Waals surface area (Å²) in [5, 5.41) is 12.6. The van der Waals surface area contributed by atoms with Crippen molar-refractivity contribution in [3.05, 3.63) is 47.3 Å². The van der Waals surface area contributed by atoms with Gasteiger partial charge in [0.2, 0.25) is 0 Å². The highest BCUT2D eigenvalue weighted by Crippen LogP contribution is 2.38. The lowest BCUT2D eigenvalue weighted by atomic mass is 9.98. The Bertz CT molecular complexity index is 707. The highest BCUT2D eigenvalue weighted by molar-refractivity contribution is 6.08. The van der Waals surface area contributed by atoms with Crippen LogP contribution in [0.2, 0.25) is 0 Å². The normalized spacial score (nSPS) is 16.8. The number of rotatable bonds is 3. The van der Waals surface area contributed by atoms with Gasteiger partial charge in [-0.15, -0.1) is 0 Å². The number of fused-ring (bicyclic) bond motifs is 1. The molecule has 1 atom stereocenters. The number of nitrogens with zero attached hydrogens (tertiary/aromatic N) is 2. The first-order chi connectivity index (χ1) is 10.1. The van der Waals surface area contributed by atoms with E-state index in [1.54, 1.807) is 11.8 Å². The largest absolute Gasteiger partial charge is 0.481 e. The Hall–Kier alpha value is -2.63. The number of aliphatic carboxylic acids is 1. The SMILES string of the molecule is Cc1oncc1C(=O)N1CC(CC(=O)O)c2ccccc21. The maximum Gasteiger partial charge on any atom is 0.304 e. The predicted molar refractivity (Wildman–Crippen MR) is 74.4 cm³/mol. The number of para-hydroxylation sites is 1. The van der Waals surface area contributed by atoms with E-state index in [4.69, 9.17) is 9.63 Å². The van der Waals surface area contributed by atoms with Crippen LogP contribution in [-0.2, 0) is 4.79 Å². The van der Waals surface area contributed by atoms with E-state index in [-0.39, 0.29) is 18.2 Å². The first-order valence-corrected chi connectivity index (χ1v) is 6.61. The number of carboxylic acid groups (broad SMARTS) is 1. The van der Waals surface area contributed by atoms with Gasteiger partial charge in [-0.1, -0.05) is 23.4 Å². The van der Waals surface area contributed by atoms with Crippen LogP contribution in [-0.4, -0.2) is 28.7 Å². The fraction of sp³-hybridized carbons (Fsp3) is 0.267. The highest BCUT2D eigenvalue weighted by Gasteiger charge is 2.34. The van der Waals surface area contributed by atoms with Gasteiger partial charge in [-0.2, -0.15) is 0 Å². The van der Waals surface area contributed by atoms with Crippen LogP contribution in [0.15, 0.2) is 35.0 Å². The van der Waals surface area contributed by atoms with Crippen LogP contribution in [0.4, 0.5) is 5.69 Å². The molecular weight excluding hydrogens is 272 g/mol. The van der Waals surface area contributed by atoms with Crippen molar-refractivity contribution < 1.29 is 19.2 Å². The van der Waals surface area contributed by atoms with E-state index >= 15 is 0 Å². The molecule has 21 heavy (non-hydrogen) atoms. The number of amides is 1. The molecule has 0 saturated heterocycles. The smallest absolute Gasteiger partial charge is 0.304 e. The first-order valence-electron chi connectivity index (χ1n) is 6.61. The Morgan fingerprint density at radius 2 is 2.19 bits per heavy atom. The molecule has 0 bridgehead atoms.